The van der Waals surface area contributed by atoms with E-state index in [1.807, 2.05) is 7.05 Å². The topological polar surface area (TPSA) is 30.5 Å². The van der Waals surface area contributed by atoms with Crippen LogP contribution in [0, 0.1) is 0 Å². The molecule has 0 fully saturated rings. The highest BCUT2D eigenvalue weighted by atomic mass is 16.5. The Morgan fingerprint density at radius 3 is 2.94 bits per heavy atom. The van der Waals surface area contributed by atoms with E-state index in [9.17, 15) is 0 Å². The van der Waals surface area contributed by atoms with Gasteiger partial charge in [0.1, 0.15) is 0 Å². The number of ether oxygens (including phenoxy) is 2. The Kier molecular flexibility index (Phi) is 7.47. The molecule has 3 heteroatoms. The van der Waals surface area contributed by atoms with Crippen LogP contribution < -0.4 is 5.32 Å². The van der Waals surface area contributed by atoms with Crippen molar-refractivity contribution in [3.63, 3.8) is 0 Å². The highest BCUT2D eigenvalue weighted by Gasteiger charge is 2.13. The first-order valence-corrected chi connectivity index (χ1v) is 6.31. The normalized spacial score (nSPS) is 19.0. The average molecular weight is 227 g/mol. The third-order valence-electron chi connectivity index (χ3n) is 3.09. The van der Waals surface area contributed by atoms with Crippen molar-refractivity contribution in [2.75, 3.05) is 34.0 Å². The number of hydrogen-bond acceptors (Lipinski definition) is 3. The lowest BCUT2D eigenvalue weighted by molar-refractivity contribution is 0.0636. The van der Waals surface area contributed by atoms with Crippen molar-refractivity contribution >= 4 is 0 Å². The molecular formula is C13H25NO2. The van der Waals surface area contributed by atoms with Crippen molar-refractivity contribution in [2.45, 2.75) is 38.1 Å². The molecule has 1 aliphatic carbocycles. The van der Waals surface area contributed by atoms with E-state index in [-0.39, 0.29) is 0 Å². The second kappa shape index (κ2) is 8.74. The van der Waals surface area contributed by atoms with Gasteiger partial charge in [0.05, 0.1) is 25.9 Å². The van der Waals surface area contributed by atoms with Gasteiger partial charge in [0.15, 0.2) is 0 Å². The van der Waals surface area contributed by atoms with Crippen molar-refractivity contribution in [1.82, 2.24) is 5.32 Å². The average Bonchev–Trinajstić information content (AvgIpc) is 2.58. The Morgan fingerprint density at radius 2 is 2.19 bits per heavy atom. The van der Waals surface area contributed by atoms with Crippen molar-refractivity contribution in [1.29, 1.82) is 0 Å². The standard InChI is InChI=1S/C13H25NO2/c1-14-13(11-16-10-9-15-2)12-7-5-3-4-6-8-12/h7,13-14H,3-6,8-11H2,1-2H3. The number of nitrogens with one attached hydrogen (secondary N) is 1. The number of likely N-dealkylation sites (N-methyl/N-ethyl adjacent to an activating group) is 1. The van der Waals surface area contributed by atoms with Crippen molar-refractivity contribution in [3.8, 4) is 0 Å². The van der Waals surface area contributed by atoms with E-state index >= 15 is 0 Å². The van der Waals surface area contributed by atoms with Crippen LogP contribution in [-0.2, 0) is 9.47 Å². The summed E-state index contributed by atoms with van der Waals surface area (Å²) in [5.74, 6) is 0. The molecule has 0 amide bonds. The second-order valence-corrected chi connectivity index (χ2v) is 4.29. The molecule has 1 aliphatic rings. The van der Waals surface area contributed by atoms with Crippen LogP contribution in [0.5, 0.6) is 0 Å². The van der Waals surface area contributed by atoms with Crippen LogP contribution in [0.25, 0.3) is 0 Å². The summed E-state index contributed by atoms with van der Waals surface area (Å²) in [6, 6.07) is 0.384. The first-order valence-electron chi connectivity index (χ1n) is 6.31. The maximum atomic E-state index is 5.59. The van der Waals surface area contributed by atoms with E-state index in [1.165, 1.54) is 37.7 Å². The van der Waals surface area contributed by atoms with Gasteiger partial charge < -0.3 is 14.8 Å². The summed E-state index contributed by atoms with van der Waals surface area (Å²) in [5, 5.41) is 3.34. The monoisotopic (exact) mass is 227 g/mol. The zero-order valence-corrected chi connectivity index (χ0v) is 10.6. The van der Waals surface area contributed by atoms with Crippen LogP contribution in [0.4, 0.5) is 0 Å². The first kappa shape index (κ1) is 13.7. The molecule has 1 rings (SSSR count). The lowest BCUT2D eigenvalue weighted by atomic mass is 10.0. The molecule has 16 heavy (non-hydrogen) atoms. The molecule has 0 saturated heterocycles. The summed E-state index contributed by atoms with van der Waals surface area (Å²) in [6.07, 6.45) is 8.87. The predicted molar refractivity (Wildman–Crippen MR) is 66.7 cm³/mol. The lowest BCUT2D eigenvalue weighted by Crippen LogP contribution is -2.32. The zero-order chi connectivity index (χ0) is 11.6. The molecule has 0 saturated carbocycles. The van der Waals surface area contributed by atoms with E-state index in [1.54, 1.807) is 7.11 Å². The van der Waals surface area contributed by atoms with Crippen LogP contribution in [0.2, 0.25) is 0 Å². The van der Waals surface area contributed by atoms with Gasteiger partial charge in [-0.05, 0) is 32.7 Å². The number of hydrogen-bond donors (Lipinski definition) is 1. The molecule has 94 valence electrons. The maximum Gasteiger partial charge on any atom is 0.0701 e. The highest BCUT2D eigenvalue weighted by Crippen LogP contribution is 2.19. The van der Waals surface area contributed by atoms with Crippen LogP contribution in [0.1, 0.15) is 32.1 Å². The van der Waals surface area contributed by atoms with Crippen molar-refractivity contribution in [2.24, 2.45) is 0 Å². The molecule has 3 nitrogen and oxygen atoms in total. The van der Waals surface area contributed by atoms with Crippen LogP contribution in [0.3, 0.4) is 0 Å². The van der Waals surface area contributed by atoms with Gasteiger partial charge in [0.2, 0.25) is 0 Å². The Labute approximate surface area is 99.2 Å². The van der Waals surface area contributed by atoms with Gasteiger partial charge in [-0.15, -0.1) is 0 Å². The SMILES string of the molecule is CNC(COCCOC)C1=CCCCCC1. The second-order valence-electron chi connectivity index (χ2n) is 4.29. The van der Waals surface area contributed by atoms with Gasteiger partial charge in [0.25, 0.3) is 0 Å². The third kappa shape index (κ3) is 5.10. The summed E-state index contributed by atoms with van der Waals surface area (Å²) < 4.78 is 10.6. The van der Waals surface area contributed by atoms with Crippen LogP contribution in [0.15, 0.2) is 11.6 Å². The molecule has 1 atom stereocenters. The summed E-state index contributed by atoms with van der Waals surface area (Å²) in [5.41, 5.74) is 1.53. The quantitative estimate of drug-likeness (QED) is 0.534. The van der Waals surface area contributed by atoms with Gasteiger partial charge in [-0.1, -0.05) is 18.1 Å². The Balaban J connectivity index is 2.30. The van der Waals surface area contributed by atoms with Gasteiger partial charge in [-0.3, -0.25) is 0 Å². The van der Waals surface area contributed by atoms with E-state index in [0.717, 1.165) is 6.61 Å². The molecule has 0 radical (unpaired) electrons. The zero-order valence-electron chi connectivity index (χ0n) is 10.6. The first-order chi connectivity index (χ1) is 7.88. The summed E-state index contributed by atoms with van der Waals surface area (Å²) in [4.78, 5) is 0. The van der Waals surface area contributed by atoms with E-state index in [4.69, 9.17) is 9.47 Å². The molecule has 0 aromatic carbocycles. The summed E-state index contributed by atoms with van der Waals surface area (Å²) in [6.45, 7) is 2.11. The van der Waals surface area contributed by atoms with Gasteiger partial charge in [-0.2, -0.15) is 0 Å². The summed E-state index contributed by atoms with van der Waals surface area (Å²) in [7, 11) is 3.71. The fraction of sp³-hybridized carbons (Fsp3) is 0.846. The van der Waals surface area contributed by atoms with E-state index < -0.39 is 0 Å². The molecule has 0 spiro atoms. The van der Waals surface area contributed by atoms with Crippen LogP contribution in [-0.4, -0.2) is 40.0 Å². The van der Waals surface area contributed by atoms with E-state index in [0.29, 0.717) is 19.3 Å². The molecule has 1 unspecified atom stereocenters. The predicted octanol–water partition coefficient (Wildman–Crippen LogP) is 2.13. The highest BCUT2D eigenvalue weighted by molar-refractivity contribution is 5.12. The minimum Gasteiger partial charge on any atom is -0.382 e. The fourth-order valence-electron chi connectivity index (χ4n) is 2.08. The minimum absolute atomic E-state index is 0.384. The molecule has 0 bridgehead atoms. The van der Waals surface area contributed by atoms with E-state index in [2.05, 4.69) is 11.4 Å². The molecule has 0 heterocycles. The maximum absolute atomic E-state index is 5.59. The lowest BCUT2D eigenvalue weighted by Gasteiger charge is -2.19. The Hall–Kier alpha value is -0.380. The fourth-order valence-corrected chi connectivity index (χ4v) is 2.08. The molecule has 0 aromatic rings. The van der Waals surface area contributed by atoms with Gasteiger partial charge in [-0.25, -0.2) is 0 Å². The molecule has 0 aliphatic heterocycles. The number of allylic oxidation sites excluding steroid dienone is 1. The number of methoxy groups -OCH3 is 1. The van der Waals surface area contributed by atoms with Crippen molar-refractivity contribution in [3.05, 3.63) is 11.6 Å². The number of rotatable bonds is 7. The molecule has 0 aromatic heterocycles. The smallest absolute Gasteiger partial charge is 0.0701 e. The van der Waals surface area contributed by atoms with Gasteiger partial charge >= 0.3 is 0 Å². The Bertz CT molecular complexity index is 204. The largest absolute Gasteiger partial charge is 0.382 e. The van der Waals surface area contributed by atoms with Gasteiger partial charge in [0, 0.05) is 7.11 Å². The minimum atomic E-state index is 0.384. The van der Waals surface area contributed by atoms with Crippen LogP contribution >= 0.6 is 0 Å². The van der Waals surface area contributed by atoms with Crippen molar-refractivity contribution < 1.29 is 9.47 Å². The third-order valence-corrected chi connectivity index (χ3v) is 3.09. The Morgan fingerprint density at radius 1 is 1.31 bits per heavy atom. The molecular weight excluding hydrogens is 202 g/mol. The summed E-state index contributed by atoms with van der Waals surface area (Å²) >= 11 is 0. The molecule has 1 N–H and O–H groups in total.